The summed E-state index contributed by atoms with van der Waals surface area (Å²) in [6, 6.07) is 0. The van der Waals surface area contributed by atoms with E-state index in [1.165, 1.54) is 263 Å². The second-order valence-corrected chi connectivity index (χ2v) is 16.0. The van der Waals surface area contributed by atoms with Crippen molar-refractivity contribution in [2.75, 3.05) is 0 Å². The maximum Gasteiger partial charge on any atom is 1.00 e. The third-order valence-corrected chi connectivity index (χ3v) is 11.0. The Balaban J connectivity index is 0. The fourth-order valence-corrected chi connectivity index (χ4v) is 7.59. The monoisotopic (exact) mass is 683 g/mol. The largest absolute Gasteiger partial charge is 1.00 e. The zero-order chi connectivity index (χ0) is 34.7. The Morgan fingerprint density at radius 3 is 0.510 bits per heavy atom. The molecule has 288 valence electrons. The molecule has 0 rings (SSSR count). The molecule has 0 aromatic rings. The van der Waals surface area contributed by atoms with Crippen molar-refractivity contribution in [1.29, 1.82) is 0 Å². The van der Waals surface area contributed by atoms with Gasteiger partial charge >= 0.3 is 18.9 Å². The third-order valence-electron chi connectivity index (χ3n) is 11.0. The van der Waals surface area contributed by atoms with Gasteiger partial charge in [-0.2, -0.15) is 0 Å². The zero-order valence-corrected chi connectivity index (χ0v) is 34.4. The van der Waals surface area contributed by atoms with Crippen molar-refractivity contribution >= 4 is 5.97 Å². The van der Waals surface area contributed by atoms with Crippen molar-refractivity contribution in [1.82, 2.24) is 0 Å². The van der Waals surface area contributed by atoms with Crippen LogP contribution in [0.5, 0.6) is 0 Å². The molecule has 0 atom stereocenters. The standard InChI is InChI=1S/C46H92O2.Li/c1-2-3-4-5-6-7-8-9-10-11-12-13-14-15-16-17-18-19-20-21-22-23-24-25-26-27-28-29-30-31-32-33-34-35-36-37-38-39-40-41-42-43-44-45-46(47)48;/h2-45H2,1H3,(H,47,48);/q;+1/p-1. The van der Waals surface area contributed by atoms with Gasteiger partial charge in [-0.1, -0.05) is 277 Å². The van der Waals surface area contributed by atoms with Crippen LogP contribution in [0.2, 0.25) is 0 Å². The van der Waals surface area contributed by atoms with Gasteiger partial charge in [0.15, 0.2) is 0 Å². The summed E-state index contributed by atoms with van der Waals surface area (Å²) >= 11 is 0. The Labute approximate surface area is 322 Å². The summed E-state index contributed by atoms with van der Waals surface area (Å²) in [7, 11) is 0. The number of hydrogen-bond acceptors (Lipinski definition) is 2. The molecule has 49 heavy (non-hydrogen) atoms. The molecule has 0 spiro atoms. The first kappa shape index (κ1) is 51.2. The van der Waals surface area contributed by atoms with Crippen molar-refractivity contribution in [3.8, 4) is 0 Å². The van der Waals surface area contributed by atoms with Gasteiger partial charge in [-0.05, 0) is 12.8 Å². The Morgan fingerprint density at radius 1 is 0.265 bits per heavy atom. The molecule has 0 bridgehead atoms. The van der Waals surface area contributed by atoms with E-state index in [4.69, 9.17) is 0 Å². The molecule has 0 radical (unpaired) electrons. The van der Waals surface area contributed by atoms with Gasteiger partial charge in [0.2, 0.25) is 0 Å². The molecule has 0 heterocycles. The van der Waals surface area contributed by atoms with Crippen LogP contribution in [0.15, 0.2) is 0 Å². The Bertz CT molecular complexity index is 579. The fourth-order valence-electron chi connectivity index (χ4n) is 7.59. The molecule has 0 unspecified atom stereocenters. The van der Waals surface area contributed by atoms with E-state index in [1.54, 1.807) is 0 Å². The Kier molecular flexibility index (Phi) is 50.2. The second-order valence-electron chi connectivity index (χ2n) is 16.0. The molecule has 0 amide bonds. The number of carbonyl (C=O) groups is 1. The maximum atomic E-state index is 10.4. The van der Waals surface area contributed by atoms with Crippen LogP contribution in [0.4, 0.5) is 0 Å². The number of carboxylic acids is 1. The molecule has 0 saturated carbocycles. The molecule has 0 saturated heterocycles. The van der Waals surface area contributed by atoms with Crippen LogP contribution < -0.4 is 24.0 Å². The Morgan fingerprint density at radius 2 is 0.388 bits per heavy atom. The van der Waals surface area contributed by atoms with Crippen LogP contribution in [0.25, 0.3) is 0 Å². The van der Waals surface area contributed by atoms with Gasteiger partial charge in [0.05, 0.1) is 0 Å². The number of unbranched alkanes of at least 4 members (excludes halogenated alkanes) is 42. The summed E-state index contributed by atoms with van der Waals surface area (Å²) in [5.41, 5.74) is 0. The molecular formula is C46H91LiO2. The first-order chi connectivity index (χ1) is 23.8. The van der Waals surface area contributed by atoms with Gasteiger partial charge in [-0.3, -0.25) is 0 Å². The van der Waals surface area contributed by atoms with Crippen LogP contribution in [-0.2, 0) is 4.79 Å². The smallest absolute Gasteiger partial charge is 0.550 e. The normalized spacial score (nSPS) is 11.3. The van der Waals surface area contributed by atoms with Gasteiger partial charge in [0.1, 0.15) is 0 Å². The molecule has 0 aliphatic carbocycles. The maximum absolute atomic E-state index is 10.4. The molecule has 0 aliphatic heterocycles. The van der Waals surface area contributed by atoms with Crippen LogP contribution >= 0.6 is 0 Å². The van der Waals surface area contributed by atoms with Crippen molar-refractivity contribution < 1.29 is 28.8 Å². The summed E-state index contributed by atoms with van der Waals surface area (Å²) in [5, 5.41) is 10.4. The molecule has 0 aliphatic rings. The van der Waals surface area contributed by atoms with Gasteiger partial charge in [0, 0.05) is 5.97 Å². The van der Waals surface area contributed by atoms with Gasteiger partial charge in [0.25, 0.3) is 0 Å². The van der Waals surface area contributed by atoms with E-state index in [0.717, 1.165) is 12.8 Å². The minimum Gasteiger partial charge on any atom is -0.550 e. The first-order valence-electron chi connectivity index (χ1n) is 23.0. The molecule has 3 heteroatoms. The number of aliphatic carboxylic acids is 1. The van der Waals surface area contributed by atoms with Crippen LogP contribution in [0, 0.1) is 0 Å². The van der Waals surface area contributed by atoms with E-state index >= 15 is 0 Å². The van der Waals surface area contributed by atoms with Crippen molar-refractivity contribution in [3.63, 3.8) is 0 Å². The van der Waals surface area contributed by atoms with E-state index in [0.29, 0.717) is 0 Å². The minimum absolute atomic E-state index is 0. The molecule has 0 aromatic carbocycles. The van der Waals surface area contributed by atoms with Crippen molar-refractivity contribution in [2.24, 2.45) is 0 Å². The molecule has 2 nitrogen and oxygen atoms in total. The number of carboxylic acid groups (broad SMARTS) is 1. The topological polar surface area (TPSA) is 40.1 Å². The van der Waals surface area contributed by atoms with Crippen molar-refractivity contribution in [2.45, 2.75) is 289 Å². The van der Waals surface area contributed by atoms with Crippen LogP contribution in [0.3, 0.4) is 0 Å². The summed E-state index contributed by atoms with van der Waals surface area (Å²) in [4.78, 5) is 10.4. The van der Waals surface area contributed by atoms with Crippen molar-refractivity contribution in [3.05, 3.63) is 0 Å². The second kappa shape index (κ2) is 48.1. The van der Waals surface area contributed by atoms with Gasteiger partial charge in [-0.25, -0.2) is 0 Å². The number of hydrogen-bond donors (Lipinski definition) is 0. The SMILES string of the molecule is CCCCCCCCCCCCCCCCCCCCCCCCCCCCCCCCCCCCCCCCCCCCCC(=O)[O-].[Li+]. The predicted molar refractivity (Wildman–Crippen MR) is 214 cm³/mol. The summed E-state index contributed by atoms with van der Waals surface area (Å²) in [6.45, 7) is 2.31. The van der Waals surface area contributed by atoms with Crippen LogP contribution in [-0.4, -0.2) is 5.97 Å². The molecule has 0 fully saturated rings. The number of rotatable bonds is 44. The van der Waals surface area contributed by atoms with E-state index in [1.807, 2.05) is 0 Å². The summed E-state index contributed by atoms with van der Waals surface area (Å²) in [5.74, 6) is -0.896. The third kappa shape index (κ3) is 50.2. The minimum atomic E-state index is -0.896. The van der Waals surface area contributed by atoms with E-state index in [2.05, 4.69) is 6.92 Å². The molecular weight excluding hydrogens is 591 g/mol. The fraction of sp³-hybridized carbons (Fsp3) is 0.978. The Hall–Kier alpha value is 0.0674. The average Bonchev–Trinajstić information content (AvgIpc) is 3.08. The van der Waals surface area contributed by atoms with E-state index in [9.17, 15) is 9.90 Å². The predicted octanol–water partition coefficient (Wildman–Crippen LogP) is 12.9. The average molecular weight is 683 g/mol. The van der Waals surface area contributed by atoms with Gasteiger partial charge < -0.3 is 9.90 Å². The summed E-state index contributed by atoms with van der Waals surface area (Å²) in [6.07, 6.45) is 61.5. The van der Waals surface area contributed by atoms with E-state index in [-0.39, 0.29) is 25.3 Å². The zero-order valence-electron chi connectivity index (χ0n) is 34.4. The first-order valence-corrected chi connectivity index (χ1v) is 23.0. The van der Waals surface area contributed by atoms with E-state index < -0.39 is 5.97 Å². The molecule has 0 N–H and O–H groups in total. The summed E-state index contributed by atoms with van der Waals surface area (Å²) < 4.78 is 0. The number of carbonyl (C=O) groups excluding carboxylic acids is 1. The van der Waals surface area contributed by atoms with Gasteiger partial charge in [-0.15, -0.1) is 0 Å². The van der Waals surface area contributed by atoms with Crippen LogP contribution in [0.1, 0.15) is 289 Å². The quantitative estimate of drug-likeness (QED) is 0.0474. The molecule has 0 aromatic heterocycles.